The Bertz CT molecular complexity index is 564. The summed E-state index contributed by atoms with van der Waals surface area (Å²) in [6, 6.07) is 7.70. The van der Waals surface area contributed by atoms with Gasteiger partial charge in [0.1, 0.15) is 12.4 Å². The Hall–Kier alpha value is -2.07. The zero-order valence-corrected chi connectivity index (χ0v) is 18.7. The number of hydrogen-bond donors (Lipinski definition) is 1. The third-order valence-electron chi connectivity index (χ3n) is 4.43. The summed E-state index contributed by atoms with van der Waals surface area (Å²) in [5, 5.41) is 2.62. The zero-order valence-electron chi connectivity index (χ0n) is 18.7. The molecule has 0 aromatic heterocycles. The number of ether oxygens (including phenoxy) is 1. The summed E-state index contributed by atoms with van der Waals surface area (Å²) >= 11 is 0. The molecule has 1 unspecified atom stereocenters. The van der Waals surface area contributed by atoms with Crippen LogP contribution in [-0.2, 0) is 11.3 Å². The minimum atomic E-state index is 0.544. The minimum Gasteiger partial charge on any atom is -0.489 e. The number of carbonyl (C=O) groups is 1. The number of rotatable bonds is 8. The fourth-order valence-electron chi connectivity index (χ4n) is 2.78. The molecule has 1 aliphatic heterocycles. The van der Waals surface area contributed by atoms with Gasteiger partial charge in [0.25, 0.3) is 0 Å². The summed E-state index contributed by atoms with van der Waals surface area (Å²) in [5.74, 6) is 1.78. The fourth-order valence-corrected chi connectivity index (χ4v) is 2.78. The Balaban J connectivity index is 0.000000604. The molecule has 0 spiro atoms. The lowest BCUT2D eigenvalue weighted by molar-refractivity contribution is -0.109. The van der Waals surface area contributed by atoms with Crippen molar-refractivity contribution in [1.82, 2.24) is 10.2 Å². The molecule has 28 heavy (non-hydrogen) atoms. The molecule has 4 heteroatoms. The first-order chi connectivity index (χ1) is 13.6. The van der Waals surface area contributed by atoms with Crippen LogP contribution in [0.15, 0.2) is 48.1 Å². The number of amides is 1. The van der Waals surface area contributed by atoms with Crippen LogP contribution in [0.2, 0.25) is 0 Å². The summed E-state index contributed by atoms with van der Waals surface area (Å²) in [7, 11) is 0. The van der Waals surface area contributed by atoms with Crippen LogP contribution in [0, 0.1) is 5.92 Å². The first-order valence-electron chi connectivity index (χ1n) is 10.5. The molecule has 1 heterocycles. The van der Waals surface area contributed by atoms with E-state index < -0.39 is 0 Å². The van der Waals surface area contributed by atoms with Crippen molar-refractivity contribution in [2.75, 3.05) is 26.2 Å². The van der Waals surface area contributed by atoms with Gasteiger partial charge in [0.2, 0.25) is 6.41 Å². The molecule has 4 nitrogen and oxygen atoms in total. The van der Waals surface area contributed by atoms with Crippen molar-refractivity contribution >= 4 is 6.41 Å². The van der Waals surface area contributed by atoms with Crippen molar-refractivity contribution in [1.29, 1.82) is 0 Å². The fraction of sp³-hybridized carbons (Fsp3) is 0.542. The average Bonchev–Trinajstić information content (AvgIpc) is 3.17. The molecule has 1 atom stereocenters. The normalized spacial score (nSPS) is 16.6. The lowest BCUT2D eigenvalue weighted by atomic mass is 10.2. The highest BCUT2D eigenvalue weighted by molar-refractivity contribution is 5.46. The number of carbonyl (C=O) groups excluding carboxylic acids is 1. The predicted molar refractivity (Wildman–Crippen MR) is 121 cm³/mol. The molecule has 158 valence electrons. The van der Waals surface area contributed by atoms with Gasteiger partial charge >= 0.3 is 0 Å². The van der Waals surface area contributed by atoms with Gasteiger partial charge in [0.05, 0.1) is 0 Å². The second-order valence-corrected chi connectivity index (χ2v) is 6.58. The van der Waals surface area contributed by atoms with E-state index in [4.69, 9.17) is 4.74 Å². The molecule has 0 radical (unpaired) electrons. The topological polar surface area (TPSA) is 41.6 Å². The molecular formula is C24H40N2O2. The van der Waals surface area contributed by atoms with E-state index in [0.717, 1.165) is 22.8 Å². The van der Waals surface area contributed by atoms with Crippen LogP contribution in [0.4, 0.5) is 0 Å². The molecule has 1 amide bonds. The molecule has 2 rings (SSSR count). The molecule has 0 aliphatic carbocycles. The van der Waals surface area contributed by atoms with E-state index >= 15 is 0 Å². The van der Waals surface area contributed by atoms with Crippen LogP contribution in [0.5, 0.6) is 5.75 Å². The number of hydrogen-bond acceptors (Lipinski definition) is 3. The van der Waals surface area contributed by atoms with Crippen LogP contribution in [0.3, 0.4) is 0 Å². The Morgan fingerprint density at radius 3 is 2.36 bits per heavy atom. The molecule has 0 bridgehead atoms. The van der Waals surface area contributed by atoms with Crippen molar-refractivity contribution in [2.24, 2.45) is 5.92 Å². The maximum absolute atomic E-state index is 10.2. The molecule has 1 aliphatic rings. The van der Waals surface area contributed by atoms with E-state index in [2.05, 4.69) is 24.1 Å². The van der Waals surface area contributed by atoms with Gasteiger partial charge in [-0.1, -0.05) is 58.1 Å². The predicted octanol–water partition coefficient (Wildman–Crippen LogP) is 5.21. The summed E-state index contributed by atoms with van der Waals surface area (Å²) < 4.78 is 5.66. The number of nitrogens with one attached hydrogen (secondary N) is 1. The quantitative estimate of drug-likeness (QED) is 0.491. The average molecular weight is 389 g/mol. The van der Waals surface area contributed by atoms with Gasteiger partial charge in [0, 0.05) is 13.1 Å². The standard InChI is InChI=1S/C15H19NO2.C7H15N.C2H6/c1-3-5-13(4-2)11-18-15-8-6-14(7-9-15)10-16-12-17;1-3-8-5-4-7(2)6-8;1-2/h3-9,12H,10-11H2,1-2H3,(H,16,17);7H,3-6H2,1-2H3;1-2H3/b5-3-,13-4+;;. The van der Waals surface area contributed by atoms with Crippen LogP contribution in [-0.4, -0.2) is 37.6 Å². The number of nitrogens with zero attached hydrogens (tertiary/aromatic N) is 1. The van der Waals surface area contributed by atoms with Gasteiger partial charge < -0.3 is 15.0 Å². The SMILES string of the molecule is C/C=C\C(=C/C)COc1ccc(CNC=O)cc1.CC.CCN1CCC(C)C1. The smallest absolute Gasteiger partial charge is 0.207 e. The Morgan fingerprint density at radius 1 is 1.25 bits per heavy atom. The number of benzene rings is 1. The summed E-state index contributed by atoms with van der Waals surface area (Å²) in [6.45, 7) is 17.5. The van der Waals surface area contributed by atoms with Gasteiger partial charge in [-0.3, -0.25) is 4.79 Å². The number of likely N-dealkylation sites (tertiary alicyclic amines) is 1. The van der Waals surface area contributed by atoms with E-state index in [0.29, 0.717) is 19.6 Å². The van der Waals surface area contributed by atoms with Gasteiger partial charge in [-0.05, 0) is 62.5 Å². The third kappa shape index (κ3) is 11.6. The van der Waals surface area contributed by atoms with Crippen molar-refractivity contribution in [2.45, 2.75) is 54.5 Å². The maximum atomic E-state index is 10.2. The van der Waals surface area contributed by atoms with Crippen LogP contribution in [0.25, 0.3) is 0 Å². The molecular weight excluding hydrogens is 348 g/mol. The highest BCUT2D eigenvalue weighted by Gasteiger charge is 2.15. The van der Waals surface area contributed by atoms with E-state index in [1.807, 2.05) is 70.2 Å². The van der Waals surface area contributed by atoms with E-state index in [1.54, 1.807) is 0 Å². The first kappa shape index (κ1) is 25.9. The molecule has 1 aromatic rings. The van der Waals surface area contributed by atoms with E-state index in [-0.39, 0.29) is 0 Å². The maximum Gasteiger partial charge on any atom is 0.207 e. The Kier molecular flexibility index (Phi) is 15.8. The van der Waals surface area contributed by atoms with Crippen LogP contribution >= 0.6 is 0 Å². The number of allylic oxidation sites excluding steroid dienone is 2. The summed E-state index contributed by atoms with van der Waals surface area (Å²) in [4.78, 5) is 12.7. The first-order valence-corrected chi connectivity index (χ1v) is 10.5. The van der Waals surface area contributed by atoms with Crippen molar-refractivity contribution < 1.29 is 9.53 Å². The van der Waals surface area contributed by atoms with Crippen molar-refractivity contribution in [3.8, 4) is 5.75 Å². The Labute approximate surface area is 172 Å². The summed E-state index contributed by atoms with van der Waals surface area (Å²) in [5.41, 5.74) is 2.19. The highest BCUT2D eigenvalue weighted by Crippen LogP contribution is 2.14. The highest BCUT2D eigenvalue weighted by atomic mass is 16.5. The zero-order chi connectivity index (χ0) is 21.2. The van der Waals surface area contributed by atoms with Gasteiger partial charge in [-0.2, -0.15) is 0 Å². The third-order valence-corrected chi connectivity index (χ3v) is 4.43. The van der Waals surface area contributed by atoms with E-state index in [9.17, 15) is 4.79 Å². The van der Waals surface area contributed by atoms with Gasteiger partial charge in [-0.25, -0.2) is 0 Å². The molecule has 1 fully saturated rings. The van der Waals surface area contributed by atoms with Gasteiger partial charge in [0.15, 0.2) is 0 Å². The van der Waals surface area contributed by atoms with Crippen LogP contribution < -0.4 is 10.1 Å². The second-order valence-electron chi connectivity index (χ2n) is 6.58. The van der Waals surface area contributed by atoms with Crippen molar-refractivity contribution in [3.05, 3.63) is 53.6 Å². The lowest BCUT2D eigenvalue weighted by Gasteiger charge is -2.09. The second kappa shape index (κ2) is 17.1. The van der Waals surface area contributed by atoms with Crippen LogP contribution in [0.1, 0.15) is 53.5 Å². The van der Waals surface area contributed by atoms with Crippen molar-refractivity contribution in [3.63, 3.8) is 0 Å². The largest absolute Gasteiger partial charge is 0.489 e. The lowest BCUT2D eigenvalue weighted by Crippen LogP contribution is -2.18. The van der Waals surface area contributed by atoms with E-state index in [1.165, 1.54) is 26.1 Å². The minimum absolute atomic E-state index is 0.544. The molecule has 1 aromatic carbocycles. The molecule has 0 saturated carbocycles. The molecule has 1 saturated heterocycles. The van der Waals surface area contributed by atoms with Gasteiger partial charge in [-0.15, -0.1) is 0 Å². The molecule has 1 N–H and O–H groups in total. The monoisotopic (exact) mass is 388 g/mol. The summed E-state index contributed by atoms with van der Waals surface area (Å²) in [6.07, 6.45) is 8.16. The Morgan fingerprint density at radius 2 is 1.93 bits per heavy atom.